The molecular formula is C12H16N4O3S. The monoisotopic (exact) mass is 296 g/mol. The molecule has 8 heteroatoms. The van der Waals surface area contributed by atoms with Gasteiger partial charge in [0.05, 0.1) is 12.3 Å². The lowest BCUT2D eigenvalue weighted by molar-refractivity contribution is -0.402. The molecule has 7 nitrogen and oxygen atoms in total. The molecule has 1 aliphatic rings. The summed E-state index contributed by atoms with van der Waals surface area (Å²) in [6.45, 7) is 0. The van der Waals surface area contributed by atoms with Gasteiger partial charge in [0.1, 0.15) is 4.92 Å². The van der Waals surface area contributed by atoms with E-state index in [0.29, 0.717) is 16.9 Å². The van der Waals surface area contributed by atoms with Gasteiger partial charge in [0.15, 0.2) is 10.9 Å². The molecule has 0 atom stereocenters. The number of hydrogen-bond donors (Lipinski definition) is 2. The lowest BCUT2D eigenvalue weighted by Gasteiger charge is -2.23. The summed E-state index contributed by atoms with van der Waals surface area (Å²) in [6.07, 6.45) is 7.32. The number of nitro groups is 1. The Morgan fingerprint density at radius 2 is 2.20 bits per heavy atom. The average molecular weight is 296 g/mol. The molecule has 2 rings (SSSR count). The Morgan fingerprint density at radius 1 is 1.45 bits per heavy atom. The first-order valence-corrected chi connectivity index (χ1v) is 6.90. The van der Waals surface area contributed by atoms with Crippen molar-refractivity contribution < 1.29 is 9.34 Å². The number of nitrogens with zero attached hydrogens (tertiary/aromatic N) is 2. The lowest BCUT2D eigenvalue weighted by atomic mass is 9.96. The van der Waals surface area contributed by atoms with E-state index in [-0.39, 0.29) is 5.88 Å². The highest BCUT2D eigenvalue weighted by Crippen LogP contribution is 2.17. The lowest BCUT2D eigenvalue weighted by Crippen LogP contribution is -2.40. The predicted octanol–water partition coefficient (Wildman–Crippen LogP) is 2.32. The second-order valence-corrected chi connectivity index (χ2v) is 5.02. The van der Waals surface area contributed by atoms with Gasteiger partial charge in [-0.3, -0.25) is 15.5 Å². The van der Waals surface area contributed by atoms with Crippen LogP contribution in [0.1, 0.15) is 37.9 Å². The minimum atomic E-state index is -0.597. The van der Waals surface area contributed by atoms with Crippen LogP contribution in [-0.2, 0) is 0 Å². The van der Waals surface area contributed by atoms with Crippen LogP contribution >= 0.6 is 12.2 Å². The Balaban J connectivity index is 1.76. The van der Waals surface area contributed by atoms with Gasteiger partial charge in [-0.05, 0) is 31.1 Å². The normalized spacial score (nSPS) is 16.2. The molecule has 0 bridgehead atoms. The molecule has 0 unspecified atom stereocenters. The third-order valence-corrected chi connectivity index (χ3v) is 3.30. The minimum absolute atomic E-state index is 0.296. The molecule has 2 N–H and O–H groups in total. The van der Waals surface area contributed by atoms with E-state index < -0.39 is 4.92 Å². The van der Waals surface area contributed by atoms with E-state index in [1.807, 2.05) is 0 Å². The van der Waals surface area contributed by atoms with Crippen LogP contribution in [0.25, 0.3) is 0 Å². The smallest absolute Gasteiger partial charge is 0.400 e. The van der Waals surface area contributed by atoms with Crippen LogP contribution in [-0.4, -0.2) is 22.3 Å². The van der Waals surface area contributed by atoms with Crippen LogP contribution in [0.2, 0.25) is 0 Å². The quantitative estimate of drug-likeness (QED) is 0.383. The summed E-state index contributed by atoms with van der Waals surface area (Å²) < 4.78 is 4.92. The highest BCUT2D eigenvalue weighted by Gasteiger charge is 2.13. The maximum Gasteiger partial charge on any atom is 0.433 e. The van der Waals surface area contributed by atoms with Crippen LogP contribution in [0.3, 0.4) is 0 Å². The van der Waals surface area contributed by atoms with Crippen LogP contribution in [0, 0.1) is 10.1 Å². The van der Waals surface area contributed by atoms with Crippen LogP contribution in [0.15, 0.2) is 21.7 Å². The molecule has 1 aromatic rings. The molecule has 1 aromatic heterocycles. The van der Waals surface area contributed by atoms with Crippen molar-refractivity contribution in [1.82, 2.24) is 10.7 Å². The second kappa shape index (κ2) is 6.99. The SMILES string of the molecule is O=[N+]([O-])c1ccc(/C=N\NC(=S)NC2CCCCC2)o1. The molecule has 0 aliphatic heterocycles. The van der Waals surface area contributed by atoms with Crippen molar-refractivity contribution in [3.8, 4) is 0 Å². The van der Waals surface area contributed by atoms with E-state index in [1.165, 1.54) is 37.6 Å². The van der Waals surface area contributed by atoms with Gasteiger partial charge < -0.3 is 9.73 Å². The summed E-state index contributed by atoms with van der Waals surface area (Å²) in [6, 6.07) is 3.16. The highest BCUT2D eigenvalue weighted by atomic mass is 32.1. The van der Waals surface area contributed by atoms with Crippen molar-refractivity contribution in [2.75, 3.05) is 0 Å². The Labute approximate surface area is 121 Å². The van der Waals surface area contributed by atoms with Gasteiger partial charge in [-0.2, -0.15) is 5.10 Å². The summed E-state index contributed by atoms with van der Waals surface area (Å²) >= 11 is 5.12. The van der Waals surface area contributed by atoms with Crippen molar-refractivity contribution in [2.24, 2.45) is 5.10 Å². The average Bonchev–Trinajstić information content (AvgIpc) is 2.89. The number of thiocarbonyl (C=S) groups is 1. The van der Waals surface area contributed by atoms with Crippen LogP contribution in [0.5, 0.6) is 0 Å². The molecule has 0 amide bonds. The van der Waals surface area contributed by atoms with E-state index in [9.17, 15) is 10.1 Å². The molecule has 0 aromatic carbocycles. The first-order valence-electron chi connectivity index (χ1n) is 6.49. The predicted molar refractivity (Wildman–Crippen MR) is 78.7 cm³/mol. The van der Waals surface area contributed by atoms with Crippen molar-refractivity contribution >= 4 is 29.4 Å². The third kappa shape index (κ3) is 4.30. The topological polar surface area (TPSA) is 92.7 Å². The van der Waals surface area contributed by atoms with Gasteiger partial charge in [0, 0.05) is 6.04 Å². The summed E-state index contributed by atoms with van der Waals surface area (Å²) in [5, 5.41) is 18.0. The second-order valence-electron chi connectivity index (χ2n) is 4.61. The van der Waals surface area contributed by atoms with E-state index >= 15 is 0 Å². The van der Waals surface area contributed by atoms with E-state index in [4.69, 9.17) is 16.6 Å². The van der Waals surface area contributed by atoms with E-state index in [0.717, 1.165) is 12.8 Å². The first-order chi connectivity index (χ1) is 9.65. The number of furan rings is 1. The summed E-state index contributed by atoms with van der Waals surface area (Å²) in [7, 11) is 0. The molecule has 0 spiro atoms. The third-order valence-electron chi connectivity index (χ3n) is 3.09. The summed E-state index contributed by atoms with van der Waals surface area (Å²) in [5.41, 5.74) is 2.68. The van der Waals surface area contributed by atoms with Gasteiger partial charge in [-0.25, -0.2) is 0 Å². The molecule has 1 saturated carbocycles. The molecule has 20 heavy (non-hydrogen) atoms. The fraction of sp³-hybridized carbons (Fsp3) is 0.500. The molecule has 1 fully saturated rings. The zero-order valence-corrected chi connectivity index (χ0v) is 11.7. The zero-order chi connectivity index (χ0) is 14.4. The van der Waals surface area contributed by atoms with E-state index in [1.54, 1.807) is 0 Å². The fourth-order valence-electron chi connectivity index (χ4n) is 2.13. The van der Waals surface area contributed by atoms with Crippen LogP contribution in [0.4, 0.5) is 5.88 Å². The summed E-state index contributed by atoms with van der Waals surface area (Å²) in [5.74, 6) is -0.0148. The Hall–Kier alpha value is -1.96. The number of rotatable bonds is 4. The molecule has 108 valence electrons. The molecule has 0 saturated heterocycles. The van der Waals surface area contributed by atoms with Gasteiger partial charge in [0.25, 0.3) is 0 Å². The largest absolute Gasteiger partial charge is 0.433 e. The highest BCUT2D eigenvalue weighted by molar-refractivity contribution is 7.80. The van der Waals surface area contributed by atoms with Gasteiger partial charge in [-0.1, -0.05) is 19.3 Å². The van der Waals surface area contributed by atoms with Crippen molar-refractivity contribution in [1.29, 1.82) is 0 Å². The number of hydrogen-bond acceptors (Lipinski definition) is 5. The standard InChI is InChI=1S/C12H16N4O3S/c17-16(18)11-7-6-10(19-11)8-13-15-12(20)14-9-4-2-1-3-5-9/h6-9H,1-5H2,(H2,14,15,20)/b13-8-. The van der Waals surface area contributed by atoms with Crippen molar-refractivity contribution in [2.45, 2.75) is 38.1 Å². The maximum atomic E-state index is 10.4. The minimum Gasteiger partial charge on any atom is -0.400 e. The van der Waals surface area contributed by atoms with Gasteiger partial charge >= 0.3 is 5.88 Å². The number of nitrogens with one attached hydrogen (secondary N) is 2. The Kier molecular flexibility index (Phi) is 5.05. The molecule has 1 heterocycles. The Bertz CT molecular complexity index is 509. The maximum absolute atomic E-state index is 10.4. The molecular weight excluding hydrogens is 280 g/mol. The van der Waals surface area contributed by atoms with E-state index in [2.05, 4.69) is 15.8 Å². The van der Waals surface area contributed by atoms with Crippen LogP contribution < -0.4 is 10.7 Å². The zero-order valence-electron chi connectivity index (χ0n) is 10.9. The van der Waals surface area contributed by atoms with Crippen molar-refractivity contribution in [3.63, 3.8) is 0 Å². The first kappa shape index (κ1) is 14.4. The summed E-state index contributed by atoms with van der Waals surface area (Å²) in [4.78, 5) is 9.84. The van der Waals surface area contributed by atoms with Crippen molar-refractivity contribution in [3.05, 3.63) is 28.0 Å². The fourth-order valence-corrected chi connectivity index (χ4v) is 2.35. The molecule has 1 aliphatic carbocycles. The van der Waals surface area contributed by atoms with Gasteiger partial charge in [0.2, 0.25) is 0 Å². The van der Waals surface area contributed by atoms with Gasteiger partial charge in [-0.15, -0.1) is 0 Å². The number of hydrazone groups is 1. The Morgan fingerprint density at radius 3 is 2.85 bits per heavy atom. The molecule has 0 radical (unpaired) electrons.